The van der Waals surface area contributed by atoms with E-state index in [1.54, 1.807) is 20.1 Å². The molecule has 0 aliphatic heterocycles. The van der Waals surface area contributed by atoms with E-state index >= 15 is 0 Å². The van der Waals surface area contributed by atoms with Gasteiger partial charge in [0.25, 0.3) is 5.91 Å². The molecule has 0 saturated heterocycles. The van der Waals surface area contributed by atoms with Crippen LogP contribution >= 0.6 is 0 Å². The van der Waals surface area contributed by atoms with Gasteiger partial charge in [0.15, 0.2) is 6.10 Å². The minimum absolute atomic E-state index is 0.150. The molecule has 3 N–H and O–H groups in total. The van der Waals surface area contributed by atoms with Crippen LogP contribution in [0.15, 0.2) is 36.7 Å². The van der Waals surface area contributed by atoms with E-state index in [9.17, 15) is 13.4 Å². The molecule has 1 amide bonds. The molecule has 1 heterocycles. The zero-order valence-corrected chi connectivity index (χ0v) is 21.2. The van der Waals surface area contributed by atoms with Gasteiger partial charge in [-0.2, -0.15) is 0 Å². The molecule has 9 nitrogen and oxygen atoms in total. The number of ether oxygens (including phenoxy) is 2. The highest BCUT2D eigenvalue weighted by atomic mass is 32.2. The molecule has 3 rings (SSSR count). The van der Waals surface area contributed by atoms with Crippen molar-refractivity contribution in [2.45, 2.75) is 32.9 Å². The molecule has 2 unspecified atom stereocenters. The topological polar surface area (TPSA) is 114 Å². The highest BCUT2D eigenvalue weighted by Gasteiger charge is 2.20. The summed E-state index contributed by atoms with van der Waals surface area (Å²) in [5.41, 5.74) is 2.47. The minimum Gasteiger partial charge on any atom is -0.479 e. The smallest absolute Gasteiger partial charge is 0.261 e. The van der Waals surface area contributed by atoms with Gasteiger partial charge in [0.2, 0.25) is 0 Å². The van der Waals surface area contributed by atoms with Gasteiger partial charge < -0.3 is 24.8 Å². The van der Waals surface area contributed by atoms with Crippen LogP contribution < -0.4 is 20.1 Å². The van der Waals surface area contributed by atoms with E-state index in [1.165, 1.54) is 30.8 Å². The van der Waals surface area contributed by atoms with E-state index in [1.807, 2.05) is 19.9 Å². The summed E-state index contributed by atoms with van der Waals surface area (Å²) in [4.78, 5) is 21.2. The summed E-state index contributed by atoms with van der Waals surface area (Å²) in [5.74, 6) is 3.37. The van der Waals surface area contributed by atoms with Gasteiger partial charge in [-0.15, -0.1) is 0 Å². The summed E-state index contributed by atoms with van der Waals surface area (Å²) in [6.45, 7) is 5.62. The first kappa shape index (κ1) is 26.2. The third-order valence-corrected chi connectivity index (χ3v) is 5.61. The Bertz CT molecular complexity index is 1330. The van der Waals surface area contributed by atoms with Crippen LogP contribution in [0.25, 0.3) is 10.9 Å². The summed E-state index contributed by atoms with van der Waals surface area (Å²) in [6.07, 6.45) is 2.01. The molecule has 0 aliphatic carbocycles. The number of anilines is 3. The summed E-state index contributed by atoms with van der Waals surface area (Å²) in [7, 11) is -0.914. The number of carbonyl (C=O) groups excluding carboxylic acids is 1. The number of nitrogens with one attached hydrogen (secondary N) is 3. The van der Waals surface area contributed by atoms with Crippen molar-refractivity contribution in [2.75, 3.05) is 30.0 Å². The quantitative estimate of drug-likeness (QED) is 0.363. The number of hydrogen-bond donors (Lipinski definition) is 3. The SMILES string of the molecule is C=S(C)(=O)Nc1cc(C)c2c(Nc3ccc(F)cc3O[C@H](C)C(=O)NC(C)COC)ncnc2c1. The maximum absolute atomic E-state index is 14.1. The number of nitrogens with zero attached hydrogens (tertiary/aromatic N) is 2. The lowest BCUT2D eigenvalue weighted by Gasteiger charge is -2.20. The number of methoxy groups -OCH3 is 1. The number of halogens is 1. The Labute approximate surface area is 204 Å². The lowest BCUT2D eigenvalue weighted by atomic mass is 10.1. The van der Waals surface area contributed by atoms with Crippen LogP contribution in [0.5, 0.6) is 5.75 Å². The van der Waals surface area contributed by atoms with Crippen molar-refractivity contribution in [3.63, 3.8) is 0 Å². The molecule has 3 aromatic rings. The molecule has 3 atom stereocenters. The molecule has 0 fully saturated rings. The fourth-order valence-corrected chi connectivity index (χ4v) is 4.13. The number of hydrogen-bond acceptors (Lipinski definition) is 7. The molecule has 0 saturated carbocycles. The molecule has 0 radical (unpaired) electrons. The first-order valence-electron chi connectivity index (χ1n) is 10.8. The van der Waals surface area contributed by atoms with Crippen LogP contribution in [-0.4, -0.2) is 58.1 Å². The van der Waals surface area contributed by atoms with Gasteiger partial charge in [0.05, 0.1) is 17.8 Å². The minimum atomic E-state index is -2.46. The lowest BCUT2D eigenvalue weighted by Crippen LogP contribution is -2.43. The predicted octanol–water partition coefficient (Wildman–Crippen LogP) is 3.41. The zero-order chi connectivity index (χ0) is 25.8. The Balaban J connectivity index is 1.90. The second-order valence-corrected chi connectivity index (χ2v) is 10.6. The fourth-order valence-electron chi connectivity index (χ4n) is 3.52. The Morgan fingerprint density at radius 3 is 2.66 bits per heavy atom. The third-order valence-electron chi connectivity index (χ3n) is 4.94. The van der Waals surface area contributed by atoms with Gasteiger partial charge in [0, 0.05) is 46.3 Å². The maximum atomic E-state index is 14.1. The molecule has 2 aromatic carbocycles. The number of rotatable bonds is 10. The van der Waals surface area contributed by atoms with Crippen LogP contribution in [-0.2, 0) is 19.2 Å². The van der Waals surface area contributed by atoms with Crippen LogP contribution in [0, 0.1) is 12.7 Å². The first-order chi connectivity index (χ1) is 16.5. The number of aryl methyl sites for hydroxylation is 1. The average Bonchev–Trinajstić information content (AvgIpc) is 2.74. The fraction of sp³-hybridized carbons (Fsp3) is 0.333. The zero-order valence-electron chi connectivity index (χ0n) is 20.3. The molecule has 35 heavy (non-hydrogen) atoms. The van der Waals surface area contributed by atoms with Crippen molar-refractivity contribution in [3.8, 4) is 5.75 Å². The van der Waals surface area contributed by atoms with E-state index in [0.717, 1.165) is 10.9 Å². The average molecular weight is 504 g/mol. The van der Waals surface area contributed by atoms with Crippen molar-refractivity contribution in [2.24, 2.45) is 0 Å². The van der Waals surface area contributed by atoms with Crippen molar-refractivity contribution in [3.05, 3.63) is 48.0 Å². The van der Waals surface area contributed by atoms with Crippen molar-refractivity contribution in [1.29, 1.82) is 0 Å². The molecule has 11 heteroatoms. The number of benzene rings is 2. The first-order valence-corrected chi connectivity index (χ1v) is 13.0. The molecule has 1 aromatic heterocycles. The maximum Gasteiger partial charge on any atom is 0.261 e. The molecule has 0 spiro atoms. The molecule has 0 bridgehead atoms. The Morgan fingerprint density at radius 2 is 1.97 bits per heavy atom. The van der Waals surface area contributed by atoms with E-state index in [4.69, 9.17) is 9.47 Å². The van der Waals surface area contributed by atoms with Crippen molar-refractivity contribution in [1.82, 2.24) is 15.3 Å². The van der Waals surface area contributed by atoms with Gasteiger partial charge in [0.1, 0.15) is 23.7 Å². The predicted molar refractivity (Wildman–Crippen MR) is 138 cm³/mol. The van der Waals surface area contributed by atoms with Crippen molar-refractivity contribution < 1.29 is 22.9 Å². The standard InChI is InChI=1S/C24H30FN5O4S/c1-14-9-18(30-35(5,6)32)11-20-22(14)23(27-13-26-20)29-19-8-7-17(25)10-21(19)34-16(3)24(31)28-15(2)12-33-4/h7-11,13,15-16H,5,12H2,1-4,6H3,(H,28,31)(H,30,32)(H,26,27,29)/t15?,16-,35?/m1/s1. The molecular formula is C24H30FN5O4S. The summed E-state index contributed by atoms with van der Waals surface area (Å²) in [5, 5.41) is 6.68. The number of fused-ring (bicyclic) bond motifs is 1. The third kappa shape index (κ3) is 7.03. The van der Waals surface area contributed by atoms with Crippen LogP contribution in [0.2, 0.25) is 0 Å². The van der Waals surface area contributed by atoms with Gasteiger partial charge in [-0.25, -0.2) is 18.6 Å². The van der Waals surface area contributed by atoms with E-state index in [0.29, 0.717) is 29.3 Å². The van der Waals surface area contributed by atoms with Gasteiger partial charge >= 0.3 is 0 Å². The largest absolute Gasteiger partial charge is 0.479 e. The van der Waals surface area contributed by atoms with Crippen LogP contribution in [0.4, 0.5) is 21.6 Å². The summed E-state index contributed by atoms with van der Waals surface area (Å²) in [6, 6.07) is 7.36. The Hall–Kier alpha value is -3.44. The molecule has 0 aliphatic rings. The van der Waals surface area contributed by atoms with Crippen molar-refractivity contribution >= 4 is 49.6 Å². The number of amides is 1. The van der Waals surface area contributed by atoms with E-state index < -0.39 is 21.6 Å². The molecular weight excluding hydrogens is 473 g/mol. The number of aromatic nitrogens is 2. The van der Waals surface area contributed by atoms with E-state index in [-0.39, 0.29) is 17.7 Å². The lowest BCUT2D eigenvalue weighted by molar-refractivity contribution is -0.128. The second-order valence-electron chi connectivity index (χ2n) is 8.41. The monoisotopic (exact) mass is 503 g/mol. The normalized spacial score (nSPS) is 14.6. The Kier molecular flexibility index (Phi) is 8.13. The van der Waals surface area contributed by atoms with Gasteiger partial charge in [-0.1, -0.05) is 0 Å². The highest BCUT2D eigenvalue weighted by Crippen LogP contribution is 2.33. The van der Waals surface area contributed by atoms with Crippen LogP contribution in [0.1, 0.15) is 19.4 Å². The molecule has 188 valence electrons. The van der Waals surface area contributed by atoms with Crippen LogP contribution in [0.3, 0.4) is 0 Å². The summed E-state index contributed by atoms with van der Waals surface area (Å²) >= 11 is 0. The Morgan fingerprint density at radius 1 is 1.23 bits per heavy atom. The second kappa shape index (κ2) is 10.9. The highest BCUT2D eigenvalue weighted by molar-refractivity contribution is 8.00. The van der Waals surface area contributed by atoms with Gasteiger partial charge in [-0.3, -0.25) is 4.79 Å². The number of carbonyl (C=O) groups is 1. The van der Waals surface area contributed by atoms with Gasteiger partial charge in [-0.05, 0) is 56.5 Å². The summed E-state index contributed by atoms with van der Waals surface area (Å²) < 4.78 is 39.8. The van der Waals surface area contributed by atoms with E-state index in [2.05, 4.69) is 31.2 Å².